The zero-order valence-corrected chi connectivity index (χ0v) is 18.2. The third-order valence-corrected chi connectivity index (χ3v) is 5.86. The Bertz CT molecular complexity index is 1270. The Morgan fingerprint density at radius 3 is 2.58 bits per heavy atom. The molecule has 1 amide bonds. The lowest BCUT2D eigenvalue weighted by atomic mass is 10.0. The van der Waals surface area contributed by atoms with Crippen molar-refractivity contribution in [3.63, 3.8) is 0 Å². The Hall–Kier alpha value is -3.85. The van der Waals surface area contributed by atoms with Gasteiger partial charge in [-0.05, 0) is 68.4 Å². The van der Waals surface area contributed by atoms with Crippen LogP contribution in [-0.2, 0) is 0 Å². The predicted octanol–water partition coefficient (Wildman–Crippen LogP) is 2.56. The van der Waals surface area contributed by atoms with Crippen LogP contribution in [0.2, 0.25) is 0 Å². The molecule has 9 heteroatoms. The number of halogens is 1. The Kier molecular flexibility index (Phi) is 6.60. The Morgan fingerprint density at radius 1 is 1.18 bits per heavy atom. The number of hydrazone groups is 1. The number of H-pyrrole nitrogens is 1. The lowest BCUT2D eigenvalue weighted by molar-refractivity contribution is 0.0707. The number of aromatic amines is 1. The Labute approximate surface area is 190 Å². The molecule has 1 saturated heterocycles. The number of carbonyl (C=O) groups is 1. The number of rotatable bonds is 5. The quantitative estimate of drug-likeness (QED) is 0.316. The number of aromatic nitrogens is 1. The molecule has 1 aliphatic heterocycles. The molecule has 1 fully saturated rings. The first-order chi connectivity index (χ1) is 16.0. The number of hydrogen-bond donors (Lipinski definition) is 3. The first-order valence-electron chi connectivity index (χ1n) is 10.7. The molecule has 2 heterocycles. The fourth-order valence-corrected chi connectivity index (χ4v) is 3.92. The summed E-state index contributed by atoms with van der Waals surface area (Å²) in [5, 5.41) is 7.44. The summed E-state index contributed by atoms with van der Waals surface area (Å²) in [7, 11) is 1.94. The maximum Gasteiger partial charge on any atom is 0.258 e. The van der Waals surface area contributed by atoms with Crippen LogP contribution in [0.5, 0.6) is 0 Å². The molecule has 8 nitrogen and oxygen atoms in total. The fourth-order valence-electron chi connectivity index (χ4n) is 3.92. The minimum Gasteiger partial charge on any atom is -0.339 e. The van der Waals surface area contributed by atoms with Crippen molar-refractivity contribution in [2.24, 2.45) is 15.9 Å². The van der Waals surface area contributed by atoms with Crippen LogP contribution in [-0.4, -0.2) is 53.9 Å². The minimum absolute atomic E-state index is 0.000720. The molecule has 3 aromatic rings. The van der Waals surface area contributed by atoms with Gasteiger partial charge in [-0.1, -0.05) is 0 Å². The average Bonchev–Trinajstić information content (AvgIpc) is 2.85. The molecule has 0 saturated carbocycles. The second-order valence-electron chi connectivity index (χ2n) is 7.92. The molecule has 0 aliphatic carbocycles. The van der Waals surface area contributed by atoms with Crippen LogP contribution in [0.15, 0.2) is 63.4 Å². The van der Waals surface area contributed by atoms with Crippen LogP contribution >= 0.6 is 0 Å². The second-order valence-corrected chi connectivity index (χ2v) is 7.92. The first kappa shape index (κ1) is 22.3. The van der Waals surface area contributed by atoms with Gasteiger partial charge in [0.2, 0.25) is 0 Å². The molecule has 1 aromatic heterocycles. The van der Waals surface area contributed by atoms with E-state index in [2.05, 4.69) is 20.4 Å². The van der Waals surface area contributed by atoms with Crippen LogP contribution in [0.1, 0.15) is 28.8 Å². The number of nitrogens with zero attached hydrogens (tertiary/aromatic N) is 3. The summed E-state index contributed by atoms with van der Waals surface area (Å²) >= 11 is 0. The van der Waals surface area contributed by atoms with Crippen LogP contribution in [0, 0.1) is 5.82 Å². The van der Waals surface area contributed by atoms with Crippen molar-refractivity contribution in [2.45, 2.75) is 18.9 Å². The van der Waals surface area contributed by atoms with Crippen molar-refractivity contribution in [1.82, 2.24) is 15.2 Å². The van der Waals surface area contributed by atoms with Crippen molar-refractivity contribution >= 4 is 34.4 Å². The summed E-state index contributed by atoms with van der Waals surface area (Å²) in [6, 6.07) is 13.0. The molecular weight excluding hydrogens is 423 g/mol. The minimum atomic E-state index is -0.415. The highest BCUT2D eigenvalue weighted by atomic mass is 19.1. The summed E-state index contributed by atoms with van der Waals surface area (Å²) in [6.45, 7) is 1.45. The molecule has 0 radical (unpaired) electrons. The van der Waals surface area contributed by atoms with Gasteiger partial charge in [0.25, 0.3) is 11.5 Å². The van der Waals surface area contributed by atoms with Gasteiger partial charge in [-0.25, -0.2) is 4.39 Å². The highest BCUT2D eigenvalue weighted by Crippen LogP contribution is 2.18. The van der Waals surface area contributed by atoms with E-state index in [-0.39, 0.29) is 17.2 Å². The molecule has 4 rings (SSSR count). The number of piperidine rings is 1. The van der Waals surface area contributed by atoms with Gasteiger partial charge in [0.1, 0.15) is 11.5 Å². The number of nitrogens with two attached hydrogens (primary N) is 1. The molecular formula is C24H25FN6O2. The molecule has 170 valence electrons. The number of likely N-dealkylation sites (tertiary alicyclic amines) is 1. The Morgan fingerprint density at radius 2 is 1.91 bits per heavy atom. The number of pyridine rings is 1. The number of aliphatic imine (C=N–C) groups is 1. The maximum absolute atomic E-state index is 13.6. The zero-order valence-electron chi connectivity index (χ0n) is 18.2. The van der Waals surface area contributed by atoms with Crippen LogP contribution in [0.4, 0.5) is 10.1 Å². The van der Waals surface area contributed by atoms with Gasteiger partial charge in [0, 0.05) is 35.6 Å². The molecule has 0 atom stereocenters. The standard InChI is InChI=1S/C24H25FN6O2/c1-27-18-8-10-31(11-9-18)24(33)15-2-5-19(6-3-15)28-14-22(30-26)20-13-16-12-17(25)4-7-21(16)29-23(20)32/h2-7,12-14,18,27H,8-11,26H2,1H3,(H,29,32). The molecule has 33 heavy (non-hydrogen) atoms. The fraction of sp³-hybridized carbons (Fsp3) is 0.250. The zero-order chi connectivity index (χ0) is 23.4. The third kappa shape index (κ3) is 4.98. The van der Waals surface area contributed by atoms with E-state index in [1.807, 2.05) is 11.9 Å². The SMILES string of the molecule is CNC1CCN(C(=O)c2ccc(N=CC(=NN)c3cc4cc(F)ccc4[nH]c3=O)cc2)CC1. The summed E-state index contributed by atoms with van der Waals surface area (Å²) in [4.78, 5) is 34.1. The normalized spacial score (nSPS) is 15.5. The predicted molar refractivity (Wildman–Crippen MR) is 128 cm³/mol. The van der Waals surface area contributed by atoms with Crippen LogP contribution in [0.3, 0.4) is 0 Å². The van der Waals surface area contributed by atoms with Crippen molar-refractivity contribution in [3.8, 4) is 0 Å². The van der Waals surface area contributed by atoms with Crippen molar-refractivity contribution < 1.29 is 9.18 Å². The second kappa shape index (κ2) is 9.74. The van der Waals surface area contributed by atoms with E-state index < -0.39 is 11.4 Å². The Balaban J connectivity index is 1.49. The molecule has 2 aromatic carbocycles. The van der Waals surface area contributed by atoms with E-state index in [9.17, 15) is 14.0 Å². The third-order valence-electron chi connectivity index (χ3n) is 5.86. The van der Waals surface area contributed by atoms with Crippen molar-refractivity contribution in [1.29, 1.82) is 0 Å². The van der Waals surface area contributed by atoms with E-state index in [0.29, 0.717) is 28.2 Å². The van der Waals surface area contributed by atoms with Gasteiger partial charge in [0.05, 0.1) is 17.5 Å². The highest BCUT2D eigenvalue weighted by Gasteiger charge is 2.22. The van der Waals surface area contributed by atoms with Crippen molar-refractivity contribution in [3.05, 3.63) is 75.8 Å². The number of nitrogens with one attached hydrogen (secondary N) is 2. The van der Waals surface area contributed by atoms with Gasteiger partial charge in [-0.2, -0.15) is 5.10 Å². The van der Waals surface area contributed by atoms with E-state index in [0.717, 1.165) is 25.9 Å². The van der Waals surface area contributed by atoms with Crippen molar-refractivity contribution in [2.75, 3.05) is 20.1 Å². The summed E-state index contributed by atoms with van der Waals surface area (Å²) in [5.41, 5.74) is 1.59. The van der Waals surface area contributed by atoms with Crippen LogP contribution < -0.4 is 16.7 Å². The number of hydrogen-bond acceptors (Lipinski definition) is 6. The first-order valence-corrected chi connectivity index (χ1v) is 10.7. The summed E-state index contributed by atoms with van der Waals surface area (Å²) in [6.07, 6.45) is 3.24. The lowest BCUT2D eigenvalue weighted by Crippen LogP contribution is -2.43. The van der Waals surface area contributed by atoms with Gasteiger partial charge in [-0.15, -0.1) is 0 Å². The largest absolute Gasteiger partial charge is 0.339 e. The monoisotopic (exact) mass is 448 g/mol. The average molecular weight is 449 g/mol. The number of carbonyl (C=O) groups excluding carboxylic acids is 1. The topological polar surface area (TPSA) is 116 Å². The van der Waals surface area contributed by atoms with E-state index in [1.54, 1.807) is 24.3 Å². The lowest BCUT2D eigenvalue weighted by Gasteiger charge is -2.31. The summed E-state index contributed by atoms with van der Waals surface area (Å²) < 4.78 is 13.6. The van der Waals surface area contributed by atoms with Crippen LogP contribution in [0.25, 0.3) is 10.9 Å². The van der Waals surface area contributed by atoms with Gasteiger partial charge in [-0.3, -0.25) is 14.6 Å². The van der Waals surface area contributed by atoms with Gasteiger partial charge in [0.15, 0.2) is 0 Å². The highest BCUT2D eigenvalue weighted by molar-refractivity contribution is 6.38. The molecule has 0 spiro atoms. The van der Waals surface area contributed by atoms with Gasteiger partial charge < -0.3 is 21.0 Å². The van der Waals surface area contributed by atoms with E-state index >= 15 is 0 Å². The van der Waals surface area contributed by atoms with Gasteiger partial charge >= 0.3 is 0 Å². The molecule has 0 bridgehead atoms. The summed E-state index contributed by atoms with van der Waals surface area (Å²) in [5.74, 6) is 5.08. The smallest absolute Gasteiger partial charge is 0.258 e. The number of amides is 1. The molecule has 4 N–H and O–H groups in total. The van der Waals surface area contributed by atoms with E-state index in [4.69, 9.17) is 5.84 Å². The van der Waals surface area contributed by atoms with E-state index in [1.165, 1.54) is 30.5 Å². The number of fused-ring (bicyclic) bond motifs is 1. The molecule has 1 aliphatic rings. The molecule has 0 unspecified atom stereocenters. The maximum atomic E-state index is 13.6. The number of benzene rings is 2.